The fraction of sp³-hybridized carbons (Fsp3) is 1.00. The molecule has 296 valence electrons. The van der Waals surface area contributed by atoms with Crippen molar-refractivity contribution in [3.05, 3.63) is 0 Å². The molecule has 0 aliphatic rings. The largest absolute Gasteiger partial charge is 0.330 e. The molecule has 0 spiro atoms. The molecule has 0 amide bonds. The Morgan fingerprint density at radius 1 is 0.429 bits per heavy atom. The van der Waals surface area contributed by atoms with Crippen LogP contribution in [0.3, 0.4) is 0 Å². The topological polar surface area (TPSA) is 205 Å². The zero-order chi connectivity index (χ0) is 36.6. The first-order chi connectivity index (χ1) is 23.7. The van der Waals surface area contributed by atoms with Gasteiger partial charge in [-0.05, 0) is 36.8 Å². The molecule has 0 heterocycles. The molecule has 0 radical (unpaired) electrons. The van der Waals surface area contributed by atoms with Crippen molar-refractivity contribution in [1.29, 1.82) is 0 Å². The van der Waals surface area contributed by atoms with Crippen molar-refractivity contribution in [3.63, 3.8) is 0 Å². The van der Waals surface area contributed by atoms with E-state index in [-0.39, 0.29) is 10.8 Å². The van der Waals surface area contributed by atoms with Crippen molar-refractivity contribution in [3.8, 4) is 0 Å². The van der Waals surface area contributed by atoms with Gasteiger partial charge in [0.05, 0.1) is 0 Å². The van der Waals surface area contributed by atoms with Crippen LogP contribution in [0.4, 0.5) is 0 Å². The lowest BCUT2D eigenvalue weighted by Crippen LogP contribution is -2.47. The van der Waals surface area contributed by atoms with E-state index in [9.17, 15) is 0 Å². The van der Waals surface area contributed by atoms with Crippen molar-refractivity contribution < 1.29 is 0 Å². The molecule has 0 saturated heterocycles. The van der Waals surface area contributed by atoms with E-state index in [0.717, 1.165) is 124 Å². The summed E-state index contributed by atoms with van der Waals surface area (Å²) in [6.07, 6.45) is 7.19. The summed E-state index contributed by atoms with van der Waals surface area (Å²) in [7, 11) is 0. The summed E-state index contributed by atoms with van der Waals surface area (Å²) in [6.45, 7) is 30.5. The molecule has 2 unspecified atom stereocenters. The Morgan fingerprint density at radius 2 is 0.816 bits per heavy atom. The molecule has 2 atom stereocenters. The maximum atomic E-state index is 6.23. The van der Waals surface area contributed by atoms with Crippen LogP contribution in [-0.2, 0) is 0 Å². The second-order valence-corrected chi connectivity index (χ2v) is 14.9. The standard InChI is InChI=1S/C36H87N13/c1-5-7-9-35(3,31-41)33-45-19-25-48(29-27-46(20-12-38)21-13-39)30-28-47(23-16-43-15-11-37)24-17-44-18-26-49(22-14-40)34-36(4,32-42)10-8-6-2/h43-45H,5-34,37-42H2,1-4H3. The zero-order valence-electron chi connectivity index (χ0n) is 33.0. The molecule has 0 saturated carbocycles. The lowest BCUT2D eigenvalue weighted by Gasteiger charge is -2.35. The molecular weight excluding hydrogens is 614 g/mol. The highest BCUT2D eigenvalue weighted by atomic mass is 15.2. The fourth-order valence-electron chi connectivity index (χ4n) is 6.34. The van der Waals surface area contributed by atoms with Crippen molar-refractivity contribution in [1.82, 2.24) is 35.6 Å². The number of rotatable bonds is 38. The highest BCUT2D eigenvalue weighted by Gasteiger charge is 2.25. The second-order valence-electron chi connectivity index (χ2n) is 14.9. The molecule has 0 rings (SSSR count). The van der Waals surface area contributed by atoms with Gasteiger partial charge in [0.25, 0.3) is 0 Å². The highest BCUT2D eigenvalue weighted by molar-refractivity contribution is 4.81. The third-order valence-electron chi connectivity index (χ3n) is 9.95. The zero-order valence-corrected chi connectivity index (χ0v) is 33.0. The number of unbranched alkanes of at least 4 members (excludes halogenated alkanes) is 2. The highest BCUT2D eigenvalue weighted by Crippen LogP contribution is 2.24. The van der Waals surface area contributed by atoms with Crippen LogP contribution in [0.2, 0.25) is 0 Å². The van der Waals surface area contributed by atoms with E-state index in [1.54, 1.807) is 0 Å². The lowest BCUT2D eigenvalue weighted by atomic mass is 9.84. The van der Waals surface area contributed by atoms with E-state index >= 15 is 0 Å². The van der Waals surface area contributed by atoms with Crippen molar-refractivity contribution in [2.75, 3.05) is 157 Å². The summed E-state index contributed by atoms with van der Waals surface area (Å²) in [5.74, 6) is 0. The quantitative estimate of drug-likeness (QED) is 0.0359. The van der Waals surface area contributed by atoms with Gasteiger partial charge in [-0.3, -0.25) is 14.7 Å². The summed E-state index contributed by atoms with van der Waals surface area (Å²) in [5.41, 5.74) is 36.3. The van der Waals surface area contributed by atoms with Gasteiger partial charge in [0.15, 0.2) is 0 Å². The van der Waals surface area contributed by atoms with E-state index < -0.39 is 0 Å². The molecule has 15 N–H and O–H groups in total. The average Bonchev–Trinajstić information content (AvgIpc) is 3.10. The van der Waals surface area contributed by atoms with E-state index in [1.165, 1.54) is 38.5 Å². The van der Waals surface area contributed by atoms with Gasteiger partial charge in [-0.2, -0.15) is 0 Å². The van der Waals surface area contributed by atoms with E-state index in [2.05, 4.69) is 63.2 Å². The van der Waals surface area contributed by atoms with Crippen LogP contribution in [0.15, 0.2) is 0 Å². The van der Waals surface area contributed by atoms with Gasteiger partial charge < -0.3 is 55.3 Å². The van der Waals surface area contributed by atoms with E-state index in [1.807, 2.05) is 0 Å². The third-order valence-corrected chi connectivity index (χ3v) is 9.95. The minimum absolute atomic E-state index is 0.144. The molecule has 13 nitrogen and oxygen atoms in total. The molecule has 0 aromatic rings. The Kier molecular flexibility index (Phi) is 31.8. The monoisotopic (exact) mass is 702 g/mol. The summed E-state index contributed by atoms with van der Waals surface area (Å²) in [6, 6.07) is 0. The van der Waals surface area contributed by atoms with Gasteiger partial charge in [0.2, 0.25) is 0 Å². The van der Waals surface area contributed by atoms with Gasteiger partial charge in [-0.25, -0.2) is 0 Å². The Morgan fingerprint density at radius 3 is 1.27 bits per heavy atom. The van der Waals surface area contributed by atoms with Crippen molar-refractivity contribution in [2.24, 2.45) is 45.2 Å². The average molecular weight is 702 g/mol. The first kappa shape index (κ1) is 48.5. The second kappa shape index (κ2) is 32.2. The van der Waals surface area contributed by atoms with E-state index in [0.29, 0.717) is 32.7 Å². The fourth-order valence-corrected chi connectivity index (χ4v) is 6.34. The predicted octanol–water partition coefficient (Wildman–Crippen LogP) is -0.892. The summed E-state index contributed by atoms with van der Waals surface area (Å²) in [5, 5.41) is 11.0. The number of hydrogen-bond donors (Lipinski definition) is 9. The van der Waals surface area contributed by atoms with E-state index in [4.69, 9.17) is 34.4 Å². The molecule has 0 aliphatic carbocycles. The normalized spacial score (nSPS) is 14.8. The van der Waals surface area contributed by atoms with Gasteiger partial charge in [-0.15, -0.1) is 0 Å². The Balaban J connectivity index is 5.23. The Bertz CT molecular complexity index is 700. The van der Waals surface area contributed by atoms with Crippen LogP contribution < -0.4 is 50.4 Å². The minimum atomic E-state index is 0.144. The van der Waals surface area contributed by atoms with Gasteiger partial charge >= 0.3 is 0 Å². The minimum Gasteiger partial charge on any atom is -0.330 e. The smallest absolute Gasteiger partial charge is 0.0110 e. The number of hydrogen-bond acceptors (Lipinski definition) is 13. The molecule has 0 aromatic heterocycles. The van der Waals surface area contributed by atoms with Crippen molar-refractivity contribution in [2.45, 2.75) is 66.2 Å². The molecule has 0 aliphatic heterocycles. The van der Waals surface area contributed by atoms with Crippen LogP contribution >= 0.6 is 0 Å². The molecule has 0 aromatic carbocycles. The van der Waals surface area contributed by atoms with Crippen LogP contribution in [0.1, 0.15) is 66.2 Å². The number of nitrogens with one attached hydrogen (secondary N) is 3. The van der Waals surface area contributed by atoms with Crippen molar-refractivity contribution >= 4 is 0 Å². The summed E-state index contributed by atoms with van der Waals surface area (Å²) < 4.78 is 0. The number of nitrogens with two attached hydrogens (primary N) is 6. The van der Waals surface area contributed by atoms with Crippen LogP contribution in [0.5, 0.6) is 0 Å². The first-order valence-corrected chi connectivity index (χ1v) is 19.9. The molecular formula is C36H87N13. The maximum absolute atomic E-state index is 6.23. The van der Waals surface area contributed by atoms with Crippen LogP contribution in [0.25, 0.3) is 0 Å². The number of nitrogens with zero attached hydrogens (tertiary/aromatic N) is 4. The van der Waals surface area contributed by atoms with Crippen LogP contribution in [0, 0.1) is 10.8 Å². The van der Waals surface area contributed by atoms with Crippen LogP contribution in [-0.4, -0.2) is 177 Å². The summed E-state index contributed by atoms with van der Waals surface area (Å²) in [4.78, 5) is 10.1. The van der Waals surface area contributed by atoms with Gasteiger partial charge in [0, 0.05) is 144 Å². The Labute approximate surface area is 303 Å². The molecule has 49 heavy (non-hydrogen) atoms. The molecule has 0 fully saturated rings. The predicted molar refractivity (Wildman–Crippen MR) is 214 cm³/mol. The maximum Gasteiger partial charge on any atom is 0.0110 e. The Hall–Kier alpha value is -0.520. The SMILES string of the molecule is CCCCC(C)(CN)CNCCN(CCN(CCN)CCN)CCN(CCNCCN)CCNCCN(CCN)CC(C)(CN)CCCC. The summed E-state index contributed by atoms with van der Waals surface area (Å²) >= 11 is 0. The first-order valence-electron chi connectivity index (χ1n) is 19.9. The van der Waals surface area contributed by atoms with Gasteiger partial charge in [-0.1, -0.05) is 53.4 Å². The molecule has 0 bridgehead atoms. The third kappa shape index (κ3) is 26.0. The molecule has 13 heteroatoms. The lowest BCUT2D eigenvalue weighted by molar-refractivity contribution is 0.158. The van der Waals surface area contributed by atoms with Gasteiger partial charge in [0.1, 0.15) is 0 Å².